The number of rotatable bonds is 8. The van der Waals surface area contributed by atoms with Crippen molar-refractivity contribution in [3.05, 3.63) is 21.8 Å². The van der Waals surface area contributed by atoms with Crippen LogP contribution in [0.3, 0.4) is 0 Å². The van der Waals surface area contributed by atoms with Gasteiger partial charge < -0.3 is 19.3 Å². The highest BCUT2D eigenvalue weighted by atomic mass is 79.9. The zero-order valence-electron chi connectivity index (χ0n) is 11.7. The summed E-state index contributed by atoms with van der Waals surface area (Å²) in [5.74, 6) is -1.01. The minimum Gasteiger partial charge on any atom is -0.477 e. The van der Waals surface area contributed by atoms with Crippen LogP contribution in [0, 0.1) is 0 Å². The number of aromatic carboxylic acids is 1. The molecule has 0 spiro atoms. The summed E-state index contributed by atoms with van der Waals surface area (Å²) in [6, 6.07) is 1.50. The Bertz CT molecular complexity index is 460. The quantitative estimate of drug-likeness (QED) is 0.776. The van der Waals surface area contributed by atoms with E-state index in [0.29, 0.717) is 10.9 Å². The van der Waals surface area contributed by atoms with Crippen LogP contribution in [0.2, 0.25) is 0 Å². The van der Waals surface area contributed by atoms with E-state index in [2.05, 4.69) is 20.9 Å². The van der Waals surface area contributed by atoms with Gasteiger partial charge in [-0.2, -0.15) is 0 Å². The average molecular weight is 348 g/mol. The zero-order chi connectivity index (χ0) is 15.1. The van der Waals surface area contributed by atoms with Crippen LogP contribution in [0.4, 0.5) is 0 Å². The van der Waals surface area contributed by atoms with Crippen molar-refractivity contribution in [1.29, 1.82) is 0 Å². The van der Waals surface area contributed by atoms with E-state index in [9.17, 15) is 9.90 Å². The molecular formula is C13H18BrNO5. The molecule has 7 heteroatoms. The molecule has 0 saturated heterocycles. The number of nitrogens with zero attached hydrogens (tertiary/aromatic N) is 1. The van der Waals surface area contributed by atoms with Crippen molar-refractivity contribution in [2.45, 2.75) is 19.4 Å². The van der Waals surface area contributed by atoms with Crippen molar-refractivity contribution in [3.8, 4) is 5.88 Å². The van der Waals surface area contributed by atoms with E-state index in [1.165, 1.54) is 20.3 Å². The highest BCUT2D eigenvalue weighted by molar-refractivity contribution is 9.10. The highest BCUT2D eigenvalue weighted by Crippen LogP contribution is 2.25. The third kappa shape index (κ3) is 4.43. The molecule has 0 unspecified atom stereocenters. The smallest absolute Gasteiger partial charge is 0.341 e. The molecule has 0 atom stereocenters. The van der Waals surface area contributed by atoms with Crippen molar-refractivity contribution in [2.24, 2.45) is 0 Å². The van der Waals surface area contributed by atoms with Crippen molar-refractivity contribution >= 4 is 21.9 Å². The lowest BCUT2D eigenvalue weighted by atomic mass is 10.2. The predicted molar refractivity (Wildman–Crippen MR) is 76.4 cm³/mol. The Morgan fingerprint density at radius 2 is 2.00 bits per heavy atom. The number of hydrogen-bond donors (Lipinski definition) is 1. The number of halogens is 1. The van der Waals surface area contributed by atoms with Crippen LogP contribution in [0.1, 0.15) is 23.0 Å². The Balaban J connectivity index is 3.09. The molecule has 0 aromatic carbocycles. The molecule has 20 heavy (non-hydrogen) atoms. The summed E-state index contributed by atoms with van der Waals surface area (Å²) < 4.78 is 16.3. The second kappa shape index (κ2) is 8.18. The number of carboxylic acid groups (broad SMARTS) is 1. The fourth-order valence-electron chi connectivity index (χ4n) is 1.64. The first-order valence-corrected chi connectivity index (χ1v) is 6.90. The van der Waals surface area contributed by atoms with Gasteiger partial charge in [0.1, 0.15) is 11.7 Å². The monoisotopic (exact) mass is 347 g/mol. The van der Waals surface area contributed by atoms with Gasteiger partial charge in [0.15, 0.2) is 0 Å². The largest absolute Gasteiger partial charge is 0.477 e. The first kappa shape index (κ1) is 16.9. The number of aromatic nitrogens is 1. The first-order valence-electron chi connectivity index (χ1n) is 6.10. The number of ether oxygens (including phenoxy) is 3. The second-order valence-electron chi connectivity index (χ2n) is 4.08. The van der Waals surface area contributed by atoms with Crippen LogP contribution in [-0.4, -0.2) is 49.6 Å². The molecule has 1 aromatic rings. The van der Waals surface area contributed by atoms with E-state index in [1.807, 2.05) is 6.92 Å². The summed E-state index contributed by atoms with van der Waals surface area (Å²) in [4.78, 5) is 15.5. The van der Waals surface area contributed by atoms with Gasteiger partial charge in [-0.3, -0.25) is 0 Å². The van der Waals surface area contributed by atoms with E-state index < -0.39 is 12.1 Å². The Hall–Kier alpha value is -1.18. The Labute approximate surface area is 126 Å². The van der Waals surface area contributed by atoms with Gasteiger partial charge in [0.05, 0.1) is 18.9 Å². The molecule has 0 saturated carbocycles. The molecule has 0 aliphatic heterocycles. The normalized spacial score (nSPS) is 10.8. The molecule has 0 amide bonds. The Morgan fingerprint density at radius 3 is 2.45 bits per heavy atom. The number of methoxy groups -OCH3 is 2. The molecule has 0 aliphatic carbocycles. The van der Waals surface area contributed by atoms with Crippen LogP contribution in [0.25, 0.3) is 0 Å². The van der Waals surface area contributed by atoms with E-state index in [1.54, 1.807) is 0 Å². The molecule has 1 rings (SSSR count). The molecule has 1 aromatic heterocycles. The molecule has 0 aliphatic rings. The van der Waals surface area contributed by atoms with Gasteiger partial charge in [0, 0.05) is 18.7 Å². The molecule has 6 nitrogen and oxygen atoms in total. The lowest BCUT2D eigenvalue weighted by Gasteiger charge is -2.18. The molecule has 0 bridgehead atoms. The van der Waals surface area contributed by atoms with Crippen LogP contribution in [0.5, 0.6) is 5.88 Å². The summed E-state index contributed by atoms with van der Waals surface area (Å²) in [5.41, 5.74) is 0.741. The Morgan fingerprint density at radius 1 is 1.40 bits per heavy atom. The van der Waals surface area contributed by atoms with Crippen LogP contribution < -0.4 is 4.74 Å². The van der Waals surface area contributed by atoms with Gasteiger partial charge in [0.25, 0.3) is 0 Å². The Kier molecular flexibility index (Phi) is 6.90. The van der Waals surface area contributed by atoms with E-state index >= 15 is 0 Å². The van der Waals surface area contributed by atoms with Crippen molar-refractivity contribution in [3.63, 3.8) is 0 Å². The summed E-state index contributed by atoms with van der Waals surface area (Å²) >= 11 is 3.31. The standard InChI is InChI=1S/C13H18BrNO5/c1-4-11-10(14)5-9(13(16)17)12(15-11)20-8(6-18-2)7-19-3/h5,8H,4,6-7H2,1-3H3,(H,16,17). The molecular weight excluding hydrogens is 330 g/mol. The number of pyridine rings is 1. The van der Waals surface area contributed by atoms with Crippen molar-refractivity contribution in [1.82, 2.24) is 4.98 Å². The number of carboxylic acids is 1. The fraction of sp³-hybridized carbons (Fsp3) is 0.538. The number of carbonyl (C=O) groups is 1. The molecule has 1 N–H and O–H groups in total. The van der Waals surface area contributed by atoms with Gasteiger partial charge in [-0.15, -0.1) is 0 Å². The van der Waals surface area contributed by atoms with Crippen molar-refractivity contribution < 1.29 is 24.1 Å². The van der Waals surface area contributed by atoms with Gasteiger partial charge in [-0.25, -0.2) is 9.78 Å². The molecule has 112 valence electrons. The number of aryl methyl sites for hydroxylation is 1. The van der Waals surface area contributed by atoms with Gasteiger partial charge in [0.2, 0.25) is 5.88 Å². The SMILES string of the molecule is CCc1nc(OC(COC)COC)c(C(=O)O)cc1Br. The minimum absolute atomic E-state index is 0.00582. The number of hydrogen-bond acceptors (Lipinski definition) is 5. The van der Waals surface area contributed by atoms with Gasteiger partial charge >= 0.3 is 5.97 Å². The average Bonchev–Trinajstić information content (AvgIpc) is 2.40. The third-order valence-corrected chi connectivity index (χ3v) is 3.25. The van der Waals surface area contributed by atoms with E-state index in [4.69, 9.17) is 14.2 Å². The molecule has 1 heterocycles. The lowest BCUT2D eigenvalue weighted by molar-refractivity contribution is 0.0209. The maximum absolute atomic E-state index is 11.3. The van der Waals surface area contributed by atoms with Crippen LogP contribution in [-0.2, 0) is 15.9 Å². The molecule has 0 radical (unpaired) electrons. The van der Waals surface area contributed by atoms with Crippen molar-refractivity contribution in [2.75, 3.05) is 27.4 Å². The van der Waals surface area contributed by atoms with Gasteiger partial charge in [-0.05, 0) is 28.4 Å². The maximum atomic E-state index is 11.3. The first-order chi connectivity index (χ1) is 9.53. The summed E-state index contributed by atoms with van der Waals surface area (Å²) in [5, 5.41) is 9.22. The second-order valence-corrected chi connectivity index (χ2v) is 4.93. The van der Waals surface area contributed by atoms with Crippen LogP contribution >= 0.6 is 15.9 Å². The third-order valence-electron chi connectivity index (χ3n) is 2.56. The lowest BCUT2D eigenvalue weighted by Crippen LogP contribution is -2.29. The summed E-state index contributed by atoms with van der Waals surface area (Å²) in [7, 11) is 3.08. The van der Waals surface area contributed by atoms with Crippen LogP contribution in [0.15, 0.2) is 10.5 Å². The fourth-order valence-corrected chi connectivity index (χ4v) is 2.24. The van der Waals surface area contributed by atoms with E-state index in [-0.39, 0.29) is 24.7 Å². The summed E-state index contributed by atoms with van der Waals surface area (Å²) in [6.45, 7) is 2.50. The topological polar surface area (TPSA) is 77.9 Å². The van der Waals surface area contributed by atoms with E-state index in [0.717, 1.165) is 5.69 Å². The zero-order valence-corrected chi connectivity index (χ0v) is 13.3. The highest BCUT2D eigenvalue weighted by Gasteiger charge is 2.20. The maximum Gasteiger partial charge on any atom is 0.341 e. The van der Waals surface area contributed by atoms with Gasteiger partial charge in [-0.1, -0.05) is 6.92 Å². The summed E-state index contributed by atoms with van der Waals surface area (Å²) in [6.07, 6.45) is 0.247. The molecule has 0 fully saturated rings. The minimum atomic E-state index is -1.09. The predicted octanol–water partition coefficient (Wildman–Crippen LogP) is 2.14.